The number of amidine groups is 1. The van der Waals surface area contributed by atoms with Crippen LogP contribution in [0.25, 0.3) is 6.08 Å². The van der Waals surface area contributed by atoms with Gasteiger partial charge in [0.25, 0.3) is 5.91 Å². The molecule has 5 rings (SSSR count). The molecule has 5 nitrogen and oxygen atoms in total. The minimum Gasteiger partial charge on any atom is -0.493 e. The zero-order valence-electron chi connectivity index (χ0n) is 22.2. The van der Waals surface area contributed by atoms with Gasteiger partial charge in [-0.3, -0.25) is 9.69 Å². The maximum absolute atomic E-state index is 13.7. The number of hydrogen-bond donors (Lipinski definition) is 0. The zero-order chi connectivity index (χ0) is 28.2. The molecule has 0 atom stereocenters. The van der Waals surface area contributed by atoms with Crippen molar-refractivity contribution in [3.63, 3.8) is 0 Å². The molecule has 0 aliphatic carbocycles. The monoisotopic (exact) mass is 588 g/mol. The van der Waals surface area contributed by atoms with Gasteiger partial charge in [-0.05, 0) is 79.7 Å². The molecule has 1 heterocycles. The van der Waals surface area contributed by atoms with E-state index in [2.05, 4.69) is 0 Å². The first kappa shape index (κ1) is 27.8. The predicted octanol–water partition coefficient (Wildman–Crippen LogP) is 9.01. The van der Waals surface area contributed by atoms with E-state index in [1.54, 1.807) is 36.3 Å². The summed E-state index contributed by atoms with van der Waals surface area (Å²) in [6.45, 7) is 4.27. The number of amides is 1. The van der Waals surface area contributed by atoms with Gasteiger partial charge in [0, 0.05) is 10.6 Å². The molecule has 1 fully saturated rings. The summed E-state index contributed by atoms with van der Waals surface area (Å²) < 4.78 is 11.6. The lowest BCUT2D eigenvalue weighted by Gasteiger charge is -2.16. The van der Waals surface area contributed by atoms with E-state index in [0.717, 1.165) is 28.1 Å². The van der Waals surface area contributed by atoms with Crippen molar-refractivity contribution in [3.05, 3.63) is 122 Å². The van der Waals surface area contributed by atoms with E-state index in [1.165, 1.54) is 11.8 Å². The number of nitrogens with zero attached hydrogens (tertiary/aromatic N) is 2. The number of ether oxygens (including phenoxy) is 2. The van der Waals surface area contributed by atoms with Crippen molar-refractivity contribution < 1.29 is 14.3 Å². The highest BCUT2D eigenvalue weighted by molar-refractivity contribution is 8.19. The fourth-order valence-electron chi connectivity index (χ4n) is 4.08. The highest BCUT2D eigenvalue weighted by Gasteiger charge is 2.35. The second-order valence-corrected chi connectivity index (χ2v) is 11.1. The minimum absolute atomic E-state index is 0.172. The number of carbonyl (C=O) groups is 1. The number of benzene rings is 4. The van der Waals surface area contributed by atoms with Crippen LogP contribution in [0.5, 0.6) is 11.5 Å². The number of anilines is 1. The Kier molecular flexibility index (Phi) is 8.50. The maximum atomic E-state index is 13.7. The molecule has 4 aromatic rings. The molecule has 1 aliphatic rings. The molecule has 0 unspecified atom stereocenters. The van der Waals surface area contributed by atoms with E-state index >= 15 is 0 Å². The Labute approximate surface area is 248 Å². The molecule has 40 heavy (non-hydrogen) atoms. The van der Waals surface area contributed by atoms with Crippen LogP contribution in [0.3, 0.4) is 0 Å². The maximum Gasteiger partial charge on any atom is 0.271 e. The molecular weight excluding hydrogens is 563 g/mol. The fourth-order valence-corrected chi connectivity index (χ4v) is 5.54. The highest BCUT2D eigenvalue weighted by Crippen LogP contribution is 2.41. The third-order valence-electron chi connectivity index (χ3n) is 6.24. The molecule has 1 saturated heterocycles. The largest absolute Gasteiger partial charge is 0.493 e. The molecule has 0 bridgehead atoms. The van der Waals surface area contributed by atoms with Gasteiger partial charge < -0.3 is 9.47 Å². The summed E-state index contributed by atoms with van der Waals surface area (Å²) in [5.41, 5.74) is 5.29. The summed E-state index contributed by atoms with van der Waals surface area (Å²) in [4.78, 5) is 20.7. The van der Waals surface area contributed by atoms with Gasteiger partial charge in [0.05, 0.1) is 28.4 Å². The van der Waals surface area contributed by atoms with Crippen molar-refractivity contribution in [3.8, 4) is 11.5 Å². The molecule has 8 heteroatoms. The van der Waals surface area contributed by atoms with Gasteiger partial charge in [-0.25, -0.2) is 4.99 Å². The predicted molar refractivity (Wildman–Crippen MR) is 166 cm³/mol. The topological polar surface area (TPSA) is 51.1 Å². The normalized spacial score (nSPS) is 15.2. The van der Waals surface area contributed by atoms with Gasteiger partial charge in [-0.15, -0.1) is 0 Å². The van der Waals surface area contributed by atoms with Crippen LogP contribution in [0.4, 0.5) is 11.4 Å². The number of halogens is 2. The molecule has 0 N–H and O–H groups in total. The number of aryl methyl sites for hydroxylation is 2. The Balaban J connectivity index is 1.48. The smallest absolute Gasteiger partial charge is 0.271 e. The van der Waals surface area contributed by atoms with Crippen LogP contribution in [0.2, 0.25) is 10.0 Å². The van der Waals surface area contributed by atoms with Crippen molar-refractivity contribution in [1.29, 1.82) is 0 Å². The Bertz CT molecular complexity index is 1620. The highest BCUT2D eigenvalue weighted by atomic mass is 35.5. The summed E-state index contributed by atoms with van der Waals surface area (Å²) in [7, 11) is 1.55. The van der Waals surface area contributed by atoms with E-state index in [0.29, 0.717) is 37.2 Å². The van der Waals surface area contributed by atoms with E-state index in [4.69, 9.17) is 37.7 Å². The molecule has 4 aromatic carbocycles. The van der Waals surface area contributed by atoms with Crippen molar-refractivity contribution >= 4 is 63.5 Å². The summed E-state index contributed by atoms with van der Waals surface area (Å²) in [6.07, 6.45) is 1.79. The van der Waals surface area contributed by atoms with Crippen molar-refractivity contribution in [2.45, 2.75) is 20.5 Å². The van der Waals surface area contributed by atoms with Crippen molar-refractivity contribution in [2.75, 3.05) is 12.0 Å². The first-order chi connectivity index (χ1) is 19.3. The lowest BCUT2D eigenvalue weighted by atomic mass is 10.1. The minimum atomic E-state index is -0.172. The molecular formula is C32H26Cl2N2O3S. The van der Waals surface area contributed by atoms with Crippen LogP contribution in [-0.4, -0.2) is 18.2 Å². The van der Waals surface area contributed by atoms with Gasteiger partial charge in [0.1, 0.15) is 6.61 Å². The summed E-state index contributed by atoms with van der Waals surface area (Å²) in [5.74, 6) is 0.680. The summed E-state index contributed by atoms with van der Waals surface area (Å²) in [5, 5.41) is 1.54. The quantitative estimate of drug-likeness (QED) is 0.202. The zero-order valence-corrected chi connectivity index (χ0v) is 24.5. The lowest BCUT2D eigenvalue weighted by Crippen LogP contribution is -2.28. The fraction of sp³-hybridized carbons (Fsp3) is 0.125. The van der Waals surface area contributed by atoms with E-state index in [-0.39, 0.29) is 12.5 Å². The number of carbonyl (C=O) groups excluding carboxylic acids is 1. The summed E-state index contributed by atoms with van der Waals surface area (Å²) in [6, 6.07) is 26.7. The number of hydrogen-bond acceptors (Lipinski definition) is 5. The first-order valence-electron chi connectivity index (χ1n) is 12.5. The Morgan fingerprint density at radius 3 is 2.25 bits per heavy atom. The molecule has 0 saturated carbocycles. The molecule has 0 radical (unpaired) electrons. The van der Waals surface area contributed by atoms with Crippen LogP contribution >= 0.6 is 35.0 Å². The SMILES string of the molecule is COc1cc(/C=C2\SC(=Nc3ccc(C)cc3)N(c3ccc(C)cc3)C2=O)cc(Cl)c1OCc1ccccc1Cl. The second-order valence-electron chi connectivity index (χ2n) is 9.23. The van der Waals surface area contributed by atoms with Crippen LogP contribution in [0, 0.1) is 13.8 Å². The van der Waals surface area contributed by atoms with Crippen LogP contribution in [0.1, 0.15) is 22.3 Å². The van der Waals surface area contributed by atoms with E-state index in [9.17, 15) is 4.79 Å². The van der Waals surface area contributed by atoms with Gasteiger partial charge >= 0.3 is 0 Å². The van der Waals surface area contributed by atoms with Crippen LogP contribution < -0.4 is 14.4 Å². The van der Waals surface area contributed by atoms with E-state index in [1.807, 2.05) is 80.6 Å². The molecule has 1 aliphatic heterocycles. The standard InChI is InChI=1S/C32H26Cl2N2O3S/c1-20-8-12-24(13-9-20)35-32-36(25-14-10-21(2)11-15-25)31(37)29(40-32)18-22-16-27(34)30(28(17-22)38-3)39-19-23-6-4-5-7-26(23)33/h4-18H,19H2,1-3H3/b29-18-,35-32?. The molecule has 202 valence electrons. The third kappa shape index (κ3) is 6.20. The number of aliphatic imine (C=N–C) groups is 1. The Morgan fingerprint density at radius 2 is 1.57 bits per heavy atom. The van der Waals surface area contributed by atoms with Crippen molar-refractivity contribution in [2.24, 2.45) is 4.99 Å². The Morgan fingerprint density at radius 1 is 0.900 bits per heavy atom. The molecule has 1 amide bonds. The molecule has 0 spiro atoms. The third-order valence-corrected chi connectivity index (χ3v) is 7.85. The lowest BCUT2D eigenvalue weighted by molar-refractivity contribution is -0.113. The van der Waals surface area contributed by atoms with Crippen LogP contribution in [-0.2, 0) is 11.4 Å². The average Bonchev–Trinajstić information content (AvgIpc) is 3.24. The van der Waals surface area contributed by atoms with Gasteiger partial charge in [0.15, 0.2) is 16.7 Å². The summed E-state index contributed by atoms with van der Waals surface area (Å²) >= 11 is 14.2. The van der Waals surface area contributed by atoms with Crippen LogP contribution in [0.15, 0.2) is 94.8 Å². The number of thioether (sulfide) groups is 1. The van der Waals surface area contributed by atoms with Gasteiger partial charge in [0.2, 0.25) is 0 Å². The second kappa shape index (κ2) is 12.2. The number of rotatable bonds is 7. The first-order valence-corrected chi connectivity index (χ1v) is 14.1. The Hall–Kier alpha value is -3.71. The average molecular weight is 590 g/mol. The van der Waals surface area contributed by atoms with Gasteiger partial charge in [-0.1, -0.05) is 76.8 Å². The molecule has 0 aromatic heterocycles. The van der Waals surface area contributed by atoms with Crippen molar-refractivity contribution in [1.82, 2.24) is 0 Å². The number of methoxy groups -OCH3 is 1. The van der Waals surface area contributed by atoms with E-state index < -0.39 is 0 Å². The van der Waals surface area contributed by atoms with Gasteiger partial charge in [-0.2, -0.15) is 0 Å².